The van der Waals surface area contributed by atoms with Crippen molar-refractivity contribution in [2.75, 3.05) is 45.9 Å². The van der Waals surface area contributed by atoms with Gasteiger partial charge >= 0.3 is 0 Å². The van der Waals surface area contributed by atoms with Crippen LogP contribution in [0.4, 0.5) is 0 Å². The number of ether oxygens (including phenoxy) is 1. The number of aliphatic hydroxyl groups is 2. The van der Waals surface area contributed by atoms with Gasteiger partial charge < -0.3 is 14.9 Å². The second kappa shape index (κ2) is 6.28. The predicted molar refractivity (Wildman–Crippen MR) is 78.8 cm³/mol. The van der Waals surface area contributed by atoms with Gasteiger partial charge in [-0.2, -0.15) is 0 Å². The molecule has 0 saturated carbocycles. The Bertz CT molecular complexity index is 311. The Hall–Kier alpha value is -0.200. The van der Waals surface area contributed by atoms with Crippen molar-refractivity contribution in [2.24, 2.45) is 0 Å². The monoisotopic (exact) mass is 286 g/mol. The molecule has 2 aliphatic rings. The van der Waals surface area contributed by atoms with E-state index in [4.69, 9.17) is 4.74 Å². The molecule has 0 aromatic rings. The van der Waals surface area contributed by atoms with Crippen molar-refractivity contribution < 1.29 is 14.9 Å². The first-order chi connectivity index (χ1) is 9.27. The Morgan fingerprint density at radius 1 is 1.35 bits per heavy atom. The van der Waals surface area contributed by atoms with Crippen molar-refractivity contribution in [3.63, 3.8) is 0 Å². The summed E-state index contributed by atoms with van der Waals surface area (Å²) in [5.74, 6) is 0. The number of nitrogens with zero attached hydrogens (tertiary/aromatic N) is 2. The highest BCUT2D eigenvalue weighted by Gasteiger charge is 2.35. The largest absolute Gasteiger partial charge is 0.389 e. The first kappa shape index (κ1) is 16.2. The molecule has 2 saturated heterocycles. The van der Waals surface area contributed by atoms with Crippen LogP contribution in [0.2, 0.25) is 0 Å². The SMILES string of the molecule is CC1CN(CC2(O)CCCOC2)CCN1CC(C)(C)O. The second-order valence-corrected chi connectivity index (χ2v) is 7.25. The first-order valence-corrected chi connectivity index (χ1v) is 7.76. The van der Waals surface area contributed by atoms with Crippen molar-refractivity contribution in [1.29, 1.82) is 0 Å². The van der Waals surface area contributed by atoms with Crippen molar-refractivity contribution in [1.82, 2.24) is 9.80 Å². The van der Waals surface area contributed by atoms with Gasteiger partial charge in [-0.1, -0.05) is 0 Å². The molecular weight excluding hydrogens is 256 g/mol. The summed E-state index contributed by atoms with van der Waals surface area (Å²) in [5.41, 5.74) is -1.32. The van der Waals surface area contributed by atoms with Gasteiger partial charge in [0.25, 0.3) is 0 Å². The Morgan fingerprint density at radius 2 is 2.10 bits per heavy atom. The highest BCUT2D eigenvalue weighted by atomic mass is 16.5. The van der Waals surface area contributed by atoms with Crippen LogP contribution in [0.5, 0.6) is 0 Å². The Kier molecular flexibility index (Phi) is 5.08. The van der Waals surface area contributed by atoms with Crippen LogP contribution < -0.4 is 0 Å². The quantitative estimate of drug-likeness (QED) is 0.779. The minimum absolute atomic E-state index is 0.406. The van der Waals surface area contributed by atoms with Crippen LogP contribution in [-0.4, -0.2) is 83.2 Å². The van der Waals surface area contributed by atoms with E-state index in [1.807, 2.05) is 13.8 Å². The number of rotatable bonds is 4. The van der Waals surface area contributed by atoms with E-state index in [0.29, 0.717) is 25.7 Å². The maximum atomic E-state index is 10.5. The topological polar surface area (TPSA) is 56.2 Å². The standard InChI is InChI=1S/C15H30N2O3/c1-13-9-16(6-7-17(13)10-14(2,3)18)11-15(19)5-4-8-20-12-15/h13,18-19H,4-12H2,1-3H3. The summed E-state index contributed by atoms with van der Waals surface area (Å²) in [6.07, 6.45) is 1.79. The lowest BCUT2D eigenvalue weighted by molar-refractivity contribution is -0.108. The number of hydrogen-bond donors (Lipinski definition) is 2. The molecule has 2 heterocycles. The Balaban J connectivity index is 1.83. The molecule has 0 radical (unpaired) electrons. The molecule has 5 heteroatoms. The second-order valence-electron chi connectivity index (χ2n) is 7.25. The minimum atomic E-state index is -0.670. The summed E-state index contributed by atoms with van der Waals surface area (Å²) in [6.45, 7) is 11.4. The molecule has 0 bridgehead atoms. The van der Waals surface area contributed by atoms with Gasteiger partial charge in [0.05, 0.1) is 12.2 Å². The van der Waals surface area contributed by atoms with Crippen LogP contribution in [-0.2, 0) is 4.74 Å². The smallest absolute Gasteiger partial charge is 0.101 e. The Labute approximate surface area is 122 Å². The fourth-order valence-corrected chi connectivity index (χ4v) is 3.32. The van der Waals surface area contributed by atoms with Crippen LogP contribution in [0, 0.1) is 0 Å². The average molecular weight is 286 g/mol. The van der Waals surface area contributed by atoms with E-state index >= 15 is 0 Å². The van der Waals surface area contributed by atoms with Crippen molar-refractivity contribution >= 4 is 0 Å². The van der Waals surface area contributed by atoms with E-state index in [1.165, 1.54) is 0 Å². The van der Waals surface area contributed by atoms with Gasteiger partial charge in [0, 0.05) is 45.4 Å². The van der Waals surface area contributed by atoms with Crippen LogP contribution in [0.25, 0.3) is 0 Å². The normalized spacial score (nSPS) is 34.4. The predicted octanol–water partition coefficient (Wildman–Crippen LogP) is 0.305. The van der Waals surface area contributed by atoms with Crippen molar-refractivity contribution in [3.8, 4) is 0 Å². The van der Waals surface area contributed by atoms with Gasteiger partial charge in [-0.25, -0.2) is 0 Å². The number of β-amino-alcohol motifs (C(OH)–C–C–N with tert-alkyl or cyclic N) is 2. The van der Waals surface area contributed by atoms with E-state index in [-0.39, 0.29) is 0 Å². The van der Waals surface area contributed by atoms with Crippen molar-refractivity contribution in [3.05, 3.63) is 0 Å². The van der Waals surface area contributed by atoms with Crippen LogP contribution in [0.3, 0.4) is 0 Å². The molecular formula is C15H30N2O3. The zero-order chi connectivity index (χ0) is 14.8. The lowest BCUT2D eigenvalue weighted by Gasteiger charge is -2.45. The highest BCUT2D eigenvalue weighted by Crippen LogP contribution is 2.22. The molecule has 0 amide bonds. The highest BCUT2D eigenvalue weighted by molar-refractivity contribution is 4.89. The third-order valence-corrected chi connectivity index (χ3v) is 4.26. The third-order valence-electron chi connectivity index (χ3n) is 4.26. The summed E-state index contributed by atoms with van der Waals surface area (Å²) in [4.78, 5) is 4.66. The molecule has 2 atom stereocenters. The molecule has 2 unspecified atom stereocenters. The zero-order valence-corrected chi connectivity index (χ0v) is 13.1. The molecule has 0 aliphatic carbocycles. The average Bonchev–Trinajstić information content (AvgIpc) is 2.32. The Morgan fingerprint density at radius 3 is 2.65 bits per heavy atom. The summed E-state index contributed by atoms with van der Waals surface area (Å²) in [5, 5.41) is 20.5. The molecule has 2 aliphatic heterocycles. The molecule has 20 heavy (non-hydrogen) atoms. The molecule has 2 fully saturated rings. The van der Waals surface area contributed by atoms with Gasteiger partial charge in [-0.15, -0.1) is 0 Å². The third kappa shape index (κ3) is 4.67. The van der Waals surface area contributed by atoms with Gasteiger partial charge in [0.2, 0.25) is 0 Å². The molecule has 2 N–H and O–H groups in total. The fraction of sp³-hybridized carbons (Fsp3) is 1.00. The summed E-state index contributed by atoms with van der Waals surface area (Å²) < 4.78 is 5.42. The molecule has 118 valence electrons. The lowest BCUT2D eigenvalue weighted by atomic mass is 9.95. The number of piperazine rings is 1. The molecule has 0 spiro atoms. The van der Waals surface area contributed by atoms with Gasteiger partial charge in [-0.05, 0) is 33.6 Å². The summed E-state index contributed by atoms with van der Waals surface area (Å²) in [6, 6.07) is 0.406. The van der Waals surface area contributed by atoms with E-state index in [1.54, 1.807) is 0 Å². The lowest BCUT2D eigenvalue weighted by Crippen LogP contribution is -2.58. The maximum absolute atomic E-state index is 10.5. The fourth-order valence-electron chi connectivity index (χ4n) is 3.32. The molecule has 0 aromatic heterocycles. The number of hydrogen-bond acceptors (Lipinski definition) is 5. The van der Waals surface area contributed by atoms with Gasteiger partial charge in [0.15, 0.2) is 0 Å². The van der Waals surface area contributed by atoms with Crippen LogP contribution >= 0.6 is 0 Å². The summed E-state index contributed by atoms with van der Waals surface area (Å²) >= 11 is 0. The summed E-state index contributed by atoms with van der Waals surface area (Å²) in [7, 11) is 0. The van der Waals surface area contributed by atoms with E-state index in [2.05, 4.69) is 16.7 Å². The van der Waals surface area contributed by atoms with Gasteiger partial charge in [0.1, 0.15) is 5.60 Å². The van der Waals surface area contributed by atoms with Crippen LogP contribution in [0.1, 0.15) is 33.6 Å². The zero-order valence-electron chi connectivity index (χ0n) is 13.1. The van der Waals surface area contributed by atoms with Crippen LogP contribution in [0.15, 0.2) is 0 Å². The van der Waals surface area contributed by atoms with E-state index < -0.39 is 11.2 Å². The van der Waals surface area contributed by atoms with Gasteiger partial charge in [-0.3, -0.25) is 9.80 Å². The maximum Gasteiger partial charge on any atom is 0.101 e. The van der Waals surface area contributed by atoms with E-state index in [9.17, 15) is 10.2 Å². The minimum Gasteiger partial charge on any atom is -0.389 e. The van der Waals surface area contributed by atoms with E-state index in [0.717, 1.165) is 39.1 Å². The first-order valence-electron chi connectivity index (χ1n) is 7.76. The van der Waals surface area contributed by atoms with Crippen molar-refractivity contribution in [2.45, 2.75) is 50.9 Å². The molecule has 5 nitrogen and oxygen atoms in total. The molecule has 0 aromatic carbocycles. The molecule has 2 rings (SSSR count).